The van der Waals surface area contributed by atoms with Gasteiger partial charge in [0.2, 0.25) is 11.8 Å². The number of ether oxygens (including phenoxy) is 1. The van der Waals surface area contributed by atoms with Crippen LogP contribution in [-0.2, 0) is 16.0 Å². The molecule has 2 amide bonds. The minimum Gasteiger partial charge on any atom is -0.494 e. The fraction of sp³-hybridized carbons (Fsp3) is 0.556. The number of nitrogens with zero attached hydrogens (tertiary/aromatic N) is 2. The summed E-state index contributed by atoms with van der Waals surface area (Å²) < 4.78 is 18.6. The van der Waals surface area contributed by atoms with E-state index in [1.165, 1.54) is 19.2 Å². The maximum atomic E-state index is 13.7. The molecule has 0 aliphatic carbocycles. The second-order valence-electron chi connectivity index (χ2n) is 7.07. The third-order valence-electron chi connectivity index (χ3n) is 4.13. The lowest BCUT2D eigenvalue weighted by molar-refractivity contribution is -0.144. The van der Waals surface area contributed by atoms with Crippen LogP contribution in [0, 0.1) is 11.2 Å². The van der Waals surface area contributed by atoms with Gasteiger partial charge in [0.15, 0.2) is 11.6 Å². The molecule has 24 heavy (non-hydrogen) atoms. The van der Waals surface area contributed by atoms with Crippen molar-refractivity contribution in [2.24, 2.45) is 5.41 Å². The zero-order chi connectivity index (χ0) is 17.9. The summed E-state index contributed by atoms with van der Waals surface area (Å²) in [6.07, 6.45) is 0.147. The van der Waals surface area contributed by atoms with E-state index in [0.29, 0.717) is 31.7 Å². The number of hydrogen-bond acceptors (Lipinski definition) is 3. The molecule has 0 radical (unpaired) electrons. The average molecular weight is 336 g/mol. The Hall–Kier alpha value is -2.11. The van der Waals surface area contributed by atoms with E-state index < -0.39 is 11.2 Å². The number of halogens is 1. The first kappa shape index (κ1) is 18.2. The number of rotatable bonds is 3. The summed E-state index contributed by atoms with van der Waals surface area (Å²) >= 11 is 0. The van der Waals surface area contributed by atoms with E-state index >= 15 is 0 Å². The third kappa shape index (κ3) is 4.24. The van der Waals surface area contributed by atoms with Crippen molar-refractivity contribution < 1.29 is 18.7 Å². The molecule has 0 bridgehead atoms. The van der Waals surface area contributed by atoms with Crippen molar-refractivity contribution in [2.75, 3.05) is 33.3 Å². The Labute approximate surface area is 142 Å². The Balaban J connectivity index is 1.91. The highest BCUT2D eigenvalue weighted by molar-refractivity contribution is 5.82. The van der Waals surface area contributed by atoms with Crippen LogP contribution in [0.1, 0.15) is 26.3 Å². The maximum absolute atomic E-state index is 13.7. The number of hydrogen-bond donors (Lipinski definition) is 0. The van der Waals surface area contributed by atoms with Crippen molar-refractivity contribution >= 4 is 11.8 Å². The van der Waals surface area contributed by atoms with Crippen LogP contribution < -0.4 is 4.74 Å². The topological polar surface area (TPSA) is 49.9 Å². The van der Waals surface area contributed by atoms with Crippen molar-refractivity contribution in [1.29, 1.82) is 0 Å². The fourth-order valence-electron chi connectivity index (χ4n) is 2.74. The smallest absolute Gasteiger partial charge is 0.228 e. The lowest BCUT2D eigenvalue weighted by atomic mass is 9.94. The first-order chi connectivity index (χ1) is 11.2. The fourth-order valence-corrected chi connectivity index (χ4v) is 2.74. The zero-order valence-electron chi connectivity index (χ0n) is 14.8. The van der Waals surface area contributed by atoms with Gasteiger partial charge in [0.1, 0.15) is 0 Å². The molecule has 0 N–H and O–H groups in total. The molecule has 1 heterocycles. The standard InChI is InChI=1S/C18H25FN2O3/c1-18(2,3)17(23)21-9-7-20(8-10-21)16(22)12-13-5-6-15(24-4)14(19)11-13/h5-6,11H,7-10,12H2,1-4H3. The highest BCUT2D eigenvalue weighted by atomic mass is 19.1. The highest BCUT2D eigenvalue weighted by Crippen LogP contribution is 2.20. The Morgan fingerprint density at radius 2 is 1.71 bits per heavy atom. The second kappa shape index (κ2) is 7.20. The Morgan fingerprint density at radius 3 is 2.21 bits per heavy atom. The van der Waals surface area contributed by atoms with Crippen LogP contribution in [-0.4, -0.2) is 54.9 Å². The Morgan fingerprint density at radius 1 is 1.12 bits per heavy atom. The SMILES string of the molecule is COc1ccc(CC(=O)N2CCN(C(=O)C(C)(C)C)CC2)cc1F. The molecule has 132 valence electrons. The van der Waals surface area contributed by atoms with Crippen molar-refractivity contribution in [1.82, 2.24) is 9.80 Å². The second-order valence-corrected chi connectivity index (χ2v) is 7.07. The van der Waals surface area contributed by atoms with Crippen molar-refractivity contribution in [3.63, 3.8) is 0 Å². The van der Waals surface area contributed by atoms with Crippen LogP contribution in [0.4, 0.5) is 4.39 Å². The summed E-state index contributed by atoms with van der Waals surface area (Å²) in [4.78, 5) is 28.2. The number of carbonyl (C=O) groups excluding carboxylic acids is 2. The Kier molecular flexibility index (Phi) is 5.47. The van der Waals surface area contributed by atoms with Gasteiger partial charge in [-0.3, -0.25) is 9.59 Å². The molecule has 6 heteroatoms. The summed E-state index contributed by atoms with van der Waals surface area (Å²) in [6.45, 7) is 7.79. The molecule has 0 spiro atoms. The summed E-state index contributed by atoms with van der Waals surface area (Å²) in [5.74, 6) is -0.252. The summed E-state index contributed by atoms with van der Waals surface area (Å²) in [5.41, 5.74) is 0.207. The van der Waals surface area contributed by atoms with Gasteiger partial charge < -0.3 is 14.5 Å². The minimum absolute atomic E-state index is 0.0533. The van der Waals surface area contributed by atoms with Gasteiger partial charge in [-0.1, -0.05) is 26.8 Å². The van der Waals surface area contributed by atoms with E-state index in [9.17, 15) is 14.0 Å². The molecule has 1 saturated heterocycles. The van der Waals surface area contributed by atoms with Crippen molar-refractivity contribution in [3.05, 3.63) is 29.6 Å². The third-order valence-corrected chi connectivity index (χ3v) is 4.13. The van der Waals surface area contributed by atoms with E-state index in [1.54, 1.807) is 15.9 Å². The van der Waals surface area contributed by atoms with Gasteiger partial charge in [0, 0.05) is 31.6 Å². The lowest BCUT2D eigenvalue weighted by Gasteiger charge is -2.37. The molecule has 1 aliphatic heterocycles. The minimum atomic E-state index is -0.469. The molecule has 2 rings (SSSR count). The van der Waals surface area contributed by atoms with Crippen LogP contribution in [0.25, 0.3) is 0 Å². The average Bonchev–Trinajstić information content (AvgIpc) is 2.53. The van der Waals surface area contributed by atoms with Gasteiger partial charge in [-0.05, 0) is 17.7 Å². The van der Waals surface area contributed by atoms with E-state index in [1.807, 2.05) is 20.8 Å². The molecule has 1 fully saturated rings. The molecule has 0 saturated carbocycles. The van der Waals surface area contributed by atoms with E-state index in [0.717, 1.165) is 0 Å². The first-order valence-corrected chi connectivity index (χ1v) is 8.12. The van der Waals surface area contributed by atoms with E-state index in [2.05, 4.69) is 0 Å². The highest BCUT2D eigenvalue weighted by Gasteiger charge is 2.30. The van der Waals surface area contributed by atoms with E-state index in [-0.39, 0.29) is 24.0 Å². The van der Waals surface area contributed by atoms with Gasteiger partial charge in [-0.25, -0.2) is 4.39 Å². The predicted octanol–water partition coefficient (Wildman–Crippen LogP) is 2.09. The molecule has 0 atom stereocenters. The molecule has 1 aromatic carbocycles. The number of carbonyl (C=O) groups is 2. The quantitative estimate of drug-likeness (QED) is 0.849. The number of methoxy groups -OCH3 is 1. The van der Waals surface area contributed by atoms with Crippen LogP contribution >= 0.6 is 0 Å². The van der Waals surface area contributed by atoms with Gasteiger partial charge in [-0.15, -0.1) is 0 Å². The summed E-state index contributed by atoms with van der Waals surface area (Å²) in [6, 6.07) is 4.55. The zero-order valence-corrected chi connectivity index (χ0v) is 14.8. The molecular formula is C18H25FN2O3. The van der Waals surface area contributed by atoms with Crippen LogP contribution in [0.5, 0.6) is 5.75 Å². The Bertz CT molecular complexity index is 617. The maximum Gasteiger partial charge on any atom is 0.228 e. The molecule has 0 aromatic heterocycles. The summed E-state index contributed by atoms with van der Waals surface area (Å²) in [5, 5.41) is 0. The number of benzene rings is 1. The normalized spacial score (nSPS) is 15.4. The van der Waals surface area contributed by atoms with Crippen LogP contribution in [0.3, 0.4) is 0 Å². The van der Waals surface area contributed by atoms with Gasteiger partial charge in [0.05, 0.1) is 13.5 Å². The monoisotopic (exact) mass is 336 g/mol. The molecule has 0 unspecified atom stereocenters. The van der Waals surface area contributed by atoms with Gasteiger partial charge in [0.25, 0.3) is 0 Å². The van der Waals surface area contributed by atoms with Crippen LogP contribution in [0.2, 0.25) is 0 Å². The number of amides is 2. The van der Waals surface area contributed by atoms with E-state index in [4.69, 9.17) is 4.74 Å². The van der Waals surface area contributed by atoms with Crippen LogP contribution in [0.15, 0.2) is 18.2 Å². The lowest BCUT2D eigenvalue weighted by Crippen LogP contribution is -2.53. The largest absolute Gasteiger partial charge is 0.494 e. The van der Waals surface area contributed by atoms with Crippen molar-refractivity contribution in [3.8, 4) is 5.75 Å². The molecule has 1 aliphatic rings. The van der Waals surface area contributed by atoms with Crippen molar-refractivity contribution in [2.45, 2.75) is 27.2 Å². The summed E-state index contributed by atoms with van der Waals surface area (Å²) in [7, 11) is 1.40. The van der Waals surface area contributed by atoms with Gasteiger partial charge >= 0.3 is 0 Å². The van der Waals surface area contributed by atoms with Gasteiger partial charge in [-0.2, -0.15) is 0 Å². The molecule has 5 nitrogen and oxygen atoms in total. The number of piperazine rings is 1. The molecular weight excluding hydrogens is 311 g/mol. The molecule has 1 aromatic rings. The predicted molar refractivity (Wildman–Crippen MR) is 89.3 cm³/mol. The first-order valence-electron chi connectivity index (χ1n) is 8.12.